The van der Waals surface area contributed by atoms with Crippen LogP contribution in [-0.4, -0.2) is 21.6 Å². The van der Waals surface area contributed by atoms with E-state index in [1.807, 2.05) is 0 Å². The zero-order valence-electron chi connectivity index (χ0n) is 16.6. The Morgan fingerprint density at radius 2 is 1.87 bits per heavy atom. The molecule has 9 heteroatoms. The molecule has 2 amide bonds. The average molecular weight is 414 g/mol. The Morgan fingerprint density at radius 3 is 2.57 bits per heavy atom. The fourth-order valence-electron chi connectivity index (χ4n) is 2.82. The summed E-state index contributed by atoms with van der Waals surface area (Å²) in [5, 5.41) is 9.66. The minimum absolute atomic E-state index is 0.107. The molecule has 0 aliphatic rings. The highest BCUT2D eigenvalue weighted by Gasteiger charge is 2.15. The number of aromatic nitrogens is 2. The number of amides is 2. The third-order valence-corrected chi connectivity index (χ3v) is 4.38. The van der Waals surface area contributed by atoms with Crippen LogP contribution in [0.4, 0.5) is 25.0 Å². The summed E-state index contributed by atoms with van der Waals surface area (Å²) in [5.74, 6) is -1.73. The summed E-state index contributed by atoms with van der Waals surface area (Å²) in [6.07, 6.45) is 0. The van der Waals surface area contributed by atoms with Crippen LogP contribution in [-0.2, 0) is 6.73 Å². The lowest BCUT2D eigenvalue weighted by atomic mass is 10.1. The van der Waals surface area contributed by atoms with Gasteiger partial charge in [-0.15, -0.1) is 0 Å². The summed E-state index contributed by atoms with van der Waals surface area (Å²) in [6.45, 7) is 4.74. The first-order valence-electron chi connectivity index (χ1n) is 9.05. The molecule has 0 bridgehead atoms. The molecule has 0 aliphatic carbocycles. The van der Waals surface area contributed by atoms with Crippen molar-refractivity contribution >= 4 is 23.2 Å². The van der Waals surface area contributed by atoms with E-state index in [4.69, 9.17) is 4.74 Å². The summed E-state index contributed by atoms with van der Waals surface area (Å²) in [4.78, 5) is 23.8. The molecule has 3 rings (SSSR count). The molecule has 2 aromatic carbocycles. The molecule has 1 heterocycles. The van der Waals surface area contributed by atoms with E-state index in [0.717, 1.165) is 12.1 Å². The molecule has 2 N–H and O–H groups in total. The summed E-state index contributed by atoms with van der Waals surface area (Å²) in [7, 11) is 0. The molecule has 0 radical (unpaired) electrons. The van der Waals surface area contributed by atoms with Crippen molar-refractivity contribution in [2.24, 2.45) is 0 Å². The number of hydrogen-bond donors (Lipinski definition) is 2. The van der Waals surface area contributed by atoms with Crippen molar-refractivity contribution in [1.29, 1.82) is 0 Å². The predicted octanol–water partition coefficient (Wildman–Crippen LogP) is 4.66. The minimum atomic E-state index is -0.818. The maximum absolute atomic E-state index is 13.7. The number of nitrogens with zero attached hydrogens (tertiary/aromatic N) is 2. The summed E-state index contributed by atoms with van der Waals surface area (Å²) in [6, 6.07) is 9.09. The van der Waals surface area contributed by atoms with Gasteiger partial charge in [-0.3, -0.25) is 4.79 Å². The Balaban J connectivity index is 1.68. The van der Waals surface area contributed by atoms with Gasteiger partial charge in [-0.05, 0) is 45.0 Å². The van der Waals surface area contributed by atoms with Gasteiger partial charge in [0.25, 0.3) is 0 Å². The number of ether oxygens (including phenoxy) is 1. The number of carbonyl (C=O) groups is 2. The van der Waals surface area contributed by atoms with Crippen molar-refractivity contribution in [3.05, 3.63) is 71.1 Å². The topological polar surface area (TPSA) is 85.3 Å². The van der Waals surface area contributed by atoms with Gasteiger partial charge in [-0.2, -0.15) is 5.10 Å². The number of halogens is 2. The number of carbonyl (C=O) groups excluding carboxylic acids is 2. The van der Waals surface area contributed by atoms with Gasteiger partial charge in [0.05, 0.1) is 17.1 Å². The van der Waals surface area contributed by atoms with Gasteiger partial charge in [0, 0.05) is 17.3 Å². The average Bonchev–Trinajstić information content (AvgIpc) is 2.95. The Bertz CT molecular complexity index is 1110. The number of hydrogen-bond acceptors (Lipinski definition) is 4. The zero-order valence-corrected chi connectivity index (χ0v) is 16.6. The molecule has 0 atom stereocenters. The Kier molecular flexibility index (Phi) is 6.10. The van der Waals surface area contributed by atoms with Gasteiger partial charge >= 0.3 is 6.03 Å². The Labute approximate surface area is 171 Å². The van der Waals surface area contributed by atoms with Crippen molar-refractivity contribution in [1.82, 2.24) is 9.78 Å². The van der Waals surface area contributed by atoms with Crippen LogP contribution in [0.15, 0.2) is 42.5 Å². The van der Waals surface area contributed by atoms with E-state index < -0.39 is 17.7 Å². The standard InChI is InChI=1S/C21H20F2N4O3/c1-12-20(25-21(29)24-17-6-4-5-15(9-17)14(3)28)13(2)27(26-12)11-30-19-8-7-16(22)10-18(19)23/h4-10H,11H2,1-3H3,(H2,24,25,29). The first-order chi connectivity index (χ1) is 14.2. The number of rotatable bonds is 6. The molecule has 156 valence electrons. The minimum Gasteiger partial charge on any atom is -0.468 e. The second-order valence-corrected chi connectivity index (χ2v) is 6.61. The molecule has 0 saturated carbocycles. The smallest absolute Gasteiger partial charge is 0.323 e. The number of anilines is 2. The Morgan fingerprint density at radius 1 is 1.10 bits per heavy atom. The highest BCUT2D eigenvalue weighted by atomic mass is 19.1. The lowest BCUT2D eigenvalue weighted by molar-refractivity contribution is 0.101. The maximum Gasteiger partial charge on any atom is 0.323 e. The van der Waals surface area contributed by atoms with Crippen LogP contribution in [0.5, 0.6) is 5.75 Å². The van der Waals surface area contributed by atoms with Gasteiger partial charge in [-0.25, -0.2) is 18.3 Å². The summed E-state index contributed by atoms with van der Waals surface area (Å²) < 4.78 is 33.5. The van der Waals surface area contributed by atoms with Crippen molar-refractivity contribution in [3.63, 3.8) is 0 Å². The first-order valence-corrected chi connectivity index (χ1v) is 9.05. The van der Waals surface area contributed by atoms with Crippen LogP contribution in [0.3, 0.4) is 0 Å². The van der Waals surface area contributed by atoms with E-state index >= 15 is 0 Å². The van der Waals surface area contributed by atoms with Gasteiger partial charge < -0.3 is 15.4 Å². The maximum atomic E-state index is 13.7. The van der Waals surface area contributed by atoms with Crippen LogP contribution >= 0.6 is 0 Å². The third-order valence-electron chi connectivity index (χ3n) is 4.38. The fourth-order valence-corrected chi connectivity index (χ4v) is 2.82. The van der Waals surface area contributed by atoms with Crippen LogP contribution in [0.2, 0.25) is 0 Å². The second kappa shape index (κ2) is 8.73. The number of urea groups is 1. The molecule has 0 unspecified atom stereocenters. The number of Topliss-reactive ketones (excluding diaryl/α,β-unsaturated/α-hetero) is 1. The van der Waals surface area contributed by atoms with Crippen LogP contribution in [0.25, 0.3) is 0 Å². The van der Waals surface area contributed by atoms with E-state index in [2.05, 4.69) is 15.7 Å². The Hall–Kier alpha value is -3.75. The number of ketones is 1. The SMILES string of the molecule is CC(=O)c1cccc(NC(=O)Nc2c(C)nn(COc3ccc(F)cc3F)c2C)c1. The lowest BCUT2D eigenvalue weighted by Gasteiger charge is -2.10. The van der Waals surface area contributed by atoms with Crippen LogP contribution < -0.4 is 15.4 Å². The van der Waals surface area contributed by atoms with Crippen molar-refractivity contribution in [3.8, 4) is 5.75 Å². The van der Waals surface area contributed by atoms with E-state index in [0.29, 0.717) is 28.3 Å². The van der Waals surface area contributed by atoms with Crippen LogP contribution in [0, 0.1) is 25.5 Å². The summed E-state index contributed by atoms with van der Waals surface area (Å²) >= 11 is 0. The fraction of sp³-hybridized carbons (Fsp3) is 0.190. The van der Waals surface area contributed by atoms with E-state index in [9.17, 15) is 18.4 Å². The highest BCUT2D eigenvalue weighted by molar-refractivity contribution is 6.01. The zero-order chi connectivity index (χ0) is 21.8. The largest absolute Gasteiger partial charge is 0.468 e. The molecule has 7 nitrogen and oxygen atoms in total. The van der Waals surface area contributed by atoms with Gasteiger partial charge in [-0.1, -0.05) is 12.1 Å². The van der Waals surface area contributed by atoms with E-state index in [1.54, 1.807) is 38.1 Å². The van der Waals surface area contributed by atoms with E-state index in [-0.39, 0.29) is 18.3 Å². The van der Waals surface area contributed by atoms with Gasteiger partial charge in [0.15, 0.2) is 24.1 Å². The molecular formula is C21H20F2N4O3. The molecular weight excluding hydrogens is 394 g/mol. The van der Waals surface area contributed by atoms with Crippen molar-refractivity contribution < 1.29 is 23.1 Å². The number of nitrogens with one attached hydrogen (secondary N) is 2. The first kappa shape index (κ1) is 21.0. The molecule has 0 spiro atoms. The normalized spacial score (nSPS) is 10.6. The predicted molar refractivity (Wildman–Crippen MR) is 108 cm³/mol. The molecule has 0 fully saturated rings. The molecule has 3 aromatic rings. The highest BCUT2D eigenvalue weighted by Crippen LogP contribution is 2.22. The lowest BCUT2D eigenvalue weighted by Crippen LogP contribution is -2.20. The molecule has 0 aliphatic heterocycles. The molecule has 1 aromatic heterocycles. The summed E-state index contributed by atoms with van der Waals surface area (Å²) in [5.41, 5.74) is 2.54. The van der Waals surface area contributed by atoms with Crippen molar-refractivity contribution in [2.75, 3.05) is 10.6 Å². The van der Waals surface area contributed by atoms with Crippen molar-refractivity contribution in [2.45, 2.75) is 27.5 Å². The second-order valence-electron chi connectivity index (χ2n) is 6.61. The van der Waals surface area contributed by atoms with Crippen LogP contribution in [0.1, 0.15) is 28.7 Å². The van der Waals surface area contributed by atoms with Gasteiger partial charge in [0.2, 0.25) is 0 Å². The monoisotopic (exact) mass is 414 g/mol. The third kappa shape index (κ3) is 4.80. The quantitative estimate of drug-likeness (QED) is 0.575. The number of benzene rings is 2. The molecule has 0 saturated heterocycles. The number of aryl methyl sites for hydroxylation is 1. The van der Waals surface area contributed by atoms with Gasteiger partial charge in [0.1, 0.15) is 5.82 Å². The molecule has 30 heavy (non-hydrogen) atoms. The van der Waals surface area contributed by atoms with E-state index in [1.165, 1.54) is 17.7 Å².